The lowest BCUT2D eigenvalue weighted by Crippen LogP contribution is -2.28. The van der Waals surface area contributed by atoms with Gasteiger partial charge in [-0.1, -0.05) is 60.8 Å². The number of aromatic nitrogens is 2. The van der Waals surface area contributed by atoms with Crippen LogP contribution >= 0.6 is 46.4 Å². The number of benzene rings is 2. The number of pyridine rings is 2. The fraction of sp³-hybridized carbons (Fsp3) is 0.222. The van der Waals surface area contributed by atoms with Gasteiger partial charge in [-0.3, -0.25) is 14.2 Å². The number of hydrogen-bond acceptors (Lipinski definition) is 3. The molecule has 0 saturated carbocycles. The van der Waals surface area contributed by atoms with Crippen LogP contribution in [-0.4, -0.2) is 21.3 Å². The summed E-state index contributed by atoms with van der Waals surface area (Å²) in [5.41, 5.74) is 3.80. The van der Waals surface area contributed by atoms with Crippen molar-refractivity contribution in [2.75, 3.05) is 11.2 Å². The predicted molar refractivity (Wildman–Crippen MR) is 151 cm³/mol. The highest BCUT2D eigenvalue weighted by Crippen LogP contribution is 2.39. The zero-order valence-electron chi connectivity index (χ0n) is 19.8. The Labute approximate surface area is 229 Å². The lowest BCUT2D eigenvalue weighted by Gasteiger charge is -2.20. The Hall–Kier alpha value is -2.57. The first-order chi connectivity index (χ1) is 17.1. The van der Waals surface area contributed by atoms with Crippen LogP contribution in [0.4, 0.5) is 5.69 Å². The summed E-state index contributed by atoms with van der Waals surface area (Å²) in [6.45, 7) is 6.18. The van der Waals surface area contributed by atoms with Crippen molar-refractivity contribution in [1.82, 2.24) is 9.55 Å². The van der Waals surface area contributed by atoms with E-state index in [0.717, 1.165) is 11.1 Å². The van der Waals surface area contributed by atoms with Gasteiger partial charge in [0.05, 0.1) is 16.4 Å². The molecule has 0 unspecified atom stereocenters. The summed E-state index contributed by atoms with van der Waals surface area (Å²) in [5.74, 6) is -0.486. The van der Waals surface area contributed by atoms with Gasteiger partial charge in [-0.2, -0.15) is 0 Å². The fourth-order valence-electron chi connectivity index (χ4n) is 4.11. The smallest absolute Gasteiger partial charge is 0.257 e. The maximum Gasteiger partial charge on any atom is 0.257 e. The maximum atomic E-state index is 13.4. The molecule has 0 spiro atoms. The van der Waals surface area contributed by atoms with Gasteiger partial charge in [0.1, 0.15) is 11.5 Å². The van der Waals surface area contributed by atoms with Gasteiger partial charge < -0.3 is 5.32 Å². The van der Waals surface area contributed by atoms with E-state index in [1.807, 2.05) is 32.0 Å². The summed E-state index contributed by atoms with van der Waals surface area (Å²) in [5, 5.41) is 4.93. The van der Waals surface area contributed by atoms with Crippen molar-refractivity contribution in [3.63, 3.8) is 0 Å². The molecule has 2 aromatic carbocycles. The molecule has 0 fully saturated rings. The monoisotopic (exact) mass is 561 g/mol. The van der Waals surface area contributed by atoms with E-state index in [1.165, 1.54) is 0 Å². The molecule has 0 saturated heterocycles. The van der Waals surface area contributed by atoms with Crippen LogP contribution in [0.2, 0.25) is 15.1 Å². The number of anilines is 1. The molecule has 4 rings (SSSR count). The van der Waals surface area contributed by atoms with Crippen LogP contribution in [0.25, 0.3) is 33.4 Å². The van der Waals surface area contributed by atoms with Crippen molar-refractivity contribution < 1.29 is 4.79 Å². The van der Waals surface area contributed by atoms with E-state index >= 15 is 0 Å². The molecule has 4 aromatic rings. The van der Waals surface area contributed by atoms with E-state index < -0.39 is 5.91 Å². The van der Waals surface area contributed by atoms with Crippen LogP contribution < -0.4 is 10.9 Å². The van der Waals surface area contributed by atoms with E-state index in [4.69, 9.17) is 51.4 Å². The Balaban J connectivity index is 2.17. The summed E-state index contributed by atoms with van der Waals surface area (Å²) < 4.78 is 1.64. The normalized spacial score (nSPS) is 11.3. The molecule has 0 aliphatic heterocycles. The second-order valence-electron chi connectivity index (χ2n) is 8.88. The van der Waals surface area contributed by atoms with Crippen LogP contribution in [0.5, 0.6) is 0 Å². The highest BCUT2D eigenvalue weighted by atomic mass is 35.5. The van der Waals surface area contributed by atoms with E-state index in [0.29, 0.717) is 55.2 Å². The molecular weight excluding hydrogens is 540 g/mol. The number of amides is 1. The molecule has 0 atom stereocenters. The standard InChI is InChI=1S/C27H23Cl4N3O2/c1-14(2)13-34-26-21(24(15(3)27(34)36)32-23(35)12-28)11-20(16-4-6-17(29)7-5-16)25(33-26)19-9-8-18(30)10-22(19)31/h4-11,14H,12-13H2,1-3H3,(H,32,35). The summed E-state index contributed by atoms with van der Waals surface area (Å²) >= 11 is 24.7. The summed E-state index contributed by atoms with van der Waals surface area (Å²) in [7, 11) is 0. The number of hydrogen-bond donors (Lipinski definition) is 1. The van der Waals surface area contributed by atoms with Crippen LogP contribution in [0.3, 0.4) is 0 Å². The number of alkyl halides is 1. The number of carbonyl (C=O) groups excluding carboxylic acids is 1. The summed E-state index contributed by atoms with van der Waals surface area (Å²) in [6, 6.07) is 14.4. The molecule has 1 amide bonds. The number of halogens is 4. The second-order valence-corrected chi connectivity index (χ2v) is 10.4. The largest absolute Gasteiger partial charge is 0.324 e. The SMILES string of the molecule is Cc1c(NC(=O)CCl)c2cc(-c3ccc(Cl)cc3)c(-c3ccc(Cl)cc3Cl)nc2n(CC(C)C)c1=O. The molecule has 36 heavy (non-hydrogen) atoms. The molecule has 186 valence electrons. The Morgan fingerprint density at radius 2 is 1.67 bits per heavy atom. The first kappa shape index (κ1) is 26.5. The number of nitrogens with zero attached hydrogens (tertiary/aromatic N) is 2. The van der Waals surface area contributed by atoms with E-state index in [-0.39, 0.29) is 17.4 Å². The Morgan fingerprint density at radius 1 is 1.00 bits per heavy atom. The van der Waals surface area contributed by atoms with E-state index in [9.17, 15) is 9.59 Å². The quantitative estimate of drug-likeness (QED) is 0.243. The van der Waals surface area contributed by atoms with Gasteiger partial charge in [-0.15, -0.1) is 11.6 Å². The van der Waals surface area contributed by atoms with Crippen LogP contribution in [0.1, 0.15) is 19.4 Å². The first-order valence-corrected chi connectivity index (χ1v) is 12.9. The number of nitrogens with one attached hydrogen (secondary N) is 1. The zero-order chi connectivity index (χ0) is 26.1. The van der Waals surface area contributed by atoms with Crippen molar-refractivity contribution in [2.24, 2.45) is 5.92 Å². The molecule has 2 aromatic heterocycles. The van der Waals surface area contributed by atoms with Crippen molar-refractivity contribution in [3.05, 3.63) is 79.5 Å². The van der Waals surface area contributed by atoms with Gasteiger partial charge in [-0.25, -0.2) is 4.98 Å². The second kappa shape index (κ2) is 10.8. The van der Waals surface area contributed by atoms with Gasteiger partial charge in [0, 0.05) is 38.7 Å². The molecule has 1 N–H and O–H groups in total. The van der Waals surface area contributed by atoms with Crippen LogP contribution in [-0.2, 0) is 11.3 Å². The van der Waals surface area contributed by atoms with Crippen molar-refractivity contribution >= 4 is 69.0 Å². The molecule has 0 bridgehead atoms. The third-order valence-electron chi connectivity index (χ3n) is 5.74. The Kier molecular flexibility index (Phi) is 7.96. The predicted octanol–water partition coefficient (Wildman–Crippen LogP) is 7.83. The molecule has 2 heterocycles. The van der Waals surface area contributed by atoms with Gasteiger partial charge >= 0.3 is 0 Å². The van der Waals surface area contributed by atoms with E-state index in [2.05, 4.69) is 5.32 Å². The minimum absolute atomic E-state index is 0.175. The molecule has 9 heteroatoms. The number of carbonyl (C=O) groups is 1. The lowest BCUT2D eigenvalue weighted by atomic mass is 9.97. The zero-order valence-corrected chi connectivity index (χ0v) is 22.9. The minimum atomic E-state index is -0.417. The van der Waals surface area contributed by atoms with E-state index in [1.54, 1.807) is 41.8 Å². The number of rotatable bonds is 6. The highest BCUT2D eigenvalue weighted by molar-refractivity contribution is 6.36. The van der Waals surface area contributed by atoms with Gasteiger partial charge in [0.2, 0.25) is 5.91 Å². The minimum Gasteiger partial charge on any atom is -0.324 e. The maximum absolute atomic E-state index is 13.4. The van der Waals surface area contributed by atoms with Crippen molar-refractivity contribution in [2.45, 2.75) is 27.3 Å². The lowest BCUT2D eigenvalue weighted by molar-refractivity contribution is -0.113. The molecule has 0 radical (unpaired) electrons. The van der Waals surface area contributed by atoms with Crippen LogP contribution in [0, 0.1) is 12.8 Å². The van der Waals surface area contributed by atoms with Crippen molar-refractivity contribution in [1.29, 1.82) is 0 Å². The van der Waals surface area contributed by atoms with Gasteiger partial charge in [0.15, 0.2) is 0 Å². The average Bonchev–Trinajstić information content (AvgIpc) is 2.84. The fourth-order valence-corrected chi connectivity index (χ4v) is 4.80. The third kappa shape index (κ3) is 5.25. The highest BCUT2D eigenvalue weighted by Gasteiger charge is 2.22. The van der Waals surface area contributed by atoms with Crippen LogP contribution in [0.15, 0.2) is 53.3 Å². The van der Waals surface area contributed by atoms with Gasteiger partial charge in [-0.05, 0) is 54.8 Å². The number of fused-ring (bicyclic) bond motifs is 1. The van der Waals surface area contributed by atoms with Gasteiger partial charge in [0.25, 0.3) is 5.56 Å². The first-order valence-electron chi connectivity index (χ1n) is 11.3. The molecular formula is C27H23Cl4N3O2. The third-order valence-corrected chi connectivity index (χ3v) is 6.79. The average molecular weight is 563 g/mol. The van der Waals surface area contributed by atoms with Crippen molar-refractivity contribution in [3.8, 4) is 22.4 Å². The Morgan fingerprint density at radius 3 is 2.28 bits per heavy atom. The summed E-state index contributed by atoms with van der Waals surface area (Å²) in [6.07, 6.45) is 0. The Bertz CT molecular complexity index is 1530. The molecule has 0 aliphatic rings. The topological polar surface area (TPSA) is 64.0 Å². The summed E-state index contributed by atoms with van der Waals surface area (Å²) in [4.78, 5) is 30.7. The molecule has 5 nitrogen and oxygen atoms in total. The molecule has 0 aliphatic carbocycles.